The number of hydrogen-bond donors (Lipinski definition) is 3. The first kappa shape index (κ1) is 24.1. The SMILES string of the molecule is CCC=CCC=CCC=CC[C@@H](O)[C@@H](O)CC=CCC=CCCC(=O)O. The van der Waals surface area contributed by atoms with Gasteiger partial charge in [-0.3, -0.25) is 4.79 Å². The Labute approximate surface area is 157 Å². The molecule has 2 atom stereocenters. The van der Waals surface area contributed by atoms with Crippen LogP contribution in [0.5, 0.6) is 0 Å². The highest BCUT2D eigenvalue weighted by atomic mass is 16.4. The second-order valence-corrected chi connectivity index (χ2v) is 6.01. The molecule has 0 aliphatic rings. The van der Waals surface area contributed by atoms with Crippen molar-refractivity contribution in [1.82, 2.24) is 0 Å². The molecule has 0 aromatic heterocycles. The summed E-state index contributed by atoms with van der Waals surface area (Å²) in [5, 5.41) is 28.3. The van der Waals surface area contributed by atoms with Crippen LogP contribution in [0.15, 0.2) is 60.8 Å². The van der Waals surface area contributed by atoms with Crippen molar-refractivity contribution in [1.29, 1.82) is 0 Å². The lowest BCUT2D eigenvalue weighted by molar-refractivity contribution is -0.136. The van der Waals surface area contributed by atoms with Crippen molar-refractivity contribution < 1.29 is 20.1 Å². The summed E-state index contributed by atoms with van der Waals surface area (Å²) in [7, 11) is 0. The van der Waals surface area contributed by atoms with Crippen LogP contribution in [0.1, 0.15) is 58.3 Å². The highest BCUT2D eigenvalue weighted by Gasteiger charge is 2.12. The van der Waals surface area contributed by atoms with Gasteiger partial charge in [-0.25, -0.2) is 0 Å². The molecule has 26 heavy (non-hydrogen) atoms. The fourth-order valence-corrected chi connectivity index (χ4v) is 2.09. The van der Waals surface area contributed by atoms with Gasteiger partial charge >= 0.3 is 5.97 Å². The first-order chi connectivity index (χ1) is 12.6. The number of hydrogen-bond acceptors (Lipinski definition) is 3. The molecular weight excluding hydrogens is 328 g/mol. The quantitative estimate of drug-likeness (QED) is 0.369. The standard InChI is InChI=1S/C22H34O4/c1-2-3-4-5-6-7-8-11-14-17-20(23)21(24)18-15-12-9-10-13-16-19-22(25)26/h3-4,6-7,10-15,20-21,23-24H,2,5,8-9,16-19H2,1H3,(H,25,26)/t20-,21+/m1/s1. The number of rotatable bonds is 15. The zero-order valence-corrected chi connectivity index (χ0v) is 15.8. The summed E-state index contributed by atoms with van der Waals surface area (Å²) in [6.45, 7) is 2.11. The minimum atomic E-state index is -0.795. The molecule has 0 aliphatic carbocycles. The molecule has 0 unspecified atom stereocenters. The average Bonchev–Trinajstić information content (AvgIpc) is 2.61. The number of carbonyl (C=O) groups is 1. The molecule has 3 N–H and O–H groups in total. The van der Waals surface area contributed by atoms with E-state index < -0.39 is 18.2 Å². The van der Waals surface area contributed by atoms with E-state index >= 15 is 0 Å². The van der Waals surface area contributed by atoms with Gasteiger partial charge < -0.3 is 15.3 Å². The van der Waals surface area contributed by atoms with Crippen LogP contribution in [-0.4, -0.2) is 33.5 Å². The largest absolute Gasteiger partial charge is 0.481 e. The van der Waals surface area contributed by atoms with Crippen LogP contribution >= 0.6 is 0 Å². The van der Waals surface area contributed by atoms with Crippen LogP contribution in [0.4, 0.5) is 0 Å². The van der Waals surface area contributed by atoms with E-state index in [1.165, 1.54) is 0 Å². The van der Waals surface area contributed by atoms with Crippen molar-refractivity contribution in [3.05, 3.63) is 60.8 Å². The van der Waals surface area contributed by atoms with Gasteiger partial charge in [0.05, 0.1) is 12.2 Å². The second-order valence-electron chi connectivity index (χ2n) is 6.01. The van der Waals surface area contributed by atoms with Crippen LogP contribution in [0.3, 0.4) is 0 Å². The Morgan fingerprint density at radius 3 is 1.62 bits per heavy atom. The molecule has 0 aromatic carbocycles. The van der Waals surface area contributed by atoms with Gasteiger partial charge in [0.15, 0.2) is 0 Å². The maximum absolute atomic E-state index is 10.3. The molecule has 0 saturated heterocycles. The third kappa shape index (κ3) is 16.9. The summed E-state index contributed by atoms with van der Waals surface area (Å²) in [6.07, 6.45) is 23.4. The van der Waals surface area contributed by atoms with Crippen LogP contribution < -0.4 is 0 Å². The molecule has 4 nitrogen and oxygen atoms in total. The van der Waals surface area contributed by atoms with Gasteiger partial charge in [0.2, 0.25) is 0 Å². The van der Waals surface area contributed by atoms with Crippen LogP contribution in [0.2, 0.25) is 0 Å². The van der Waals surface area contributed by atoms with E-state index in [2.05, 4.69) is 31.2 Å². The number of aliphatic carboxylic acids is 1. The van der Waals surface area contributed by atoms with Gasteiger partial charge in [0, 0.05) is 6.42 Å². The Bertz CT molecular complexity index is 486. The van der Waals surface area contributed by atoms with Crippen molar-refractivity contribution in [3.8, 4) is 0 Å². The molecule has 0 fully saturated rings. The molecule has 4 heteroatoms. The number of aliphatic hydroxyl groups is 2. The Hall–Kier alpha value is -1.91. The van der Waals surface area contributed by atoms with Gasteiger partial charge in [0.1, 0.15) is 0 Å². The molecule has 0 rings (SSSR count). The van der Waals surface area contributed by atoms with Gasteiger partial charge in [-0.05, 0) is 44.9 Å². The molecule has 0 bridgehead atoms. The van der Waals surface area contributed by atoms with Gasteiger partial charge in [-0.1, -0.05) is 67.7 Å². The topological polar surface area (TPSA) is 77.8 Å². The third-order valence-electron chi connectivity index (χ3n) is 3.61. The molecular formula is C22H34O4. The summed E-state index contributed by atoms with van der Waals surface area (Å²) in [6, 6.07) is 0. The van der Waals surface area contributed by atoms with E-state index in [0.717, 1.165) is 19.3 Å². The van der Waals surface area contributed by atoms with Gasteiger partial charge in [-0.15, -0.1) is 0 Å². The monoisotopic (exact) mass is 362 g/mol. The lowest BCUT2D eigenvalue weighted by Gasteiger charge is -2.14. The zero-order chi connectivity index (χ0) is 19.5. The van der Waals surface area contributed by atoms with Crippen molar-refractivity contribution >= 4 is 5.97 Å². The van der Waals surface area contributed by atoms with E-state index in [-0.39, 0.29) is 6.42 Å². The van der Waals surface area contributed by atoms with Crippen LogP contribution in [0.25, 0.3) is 0 Å². The van der Waals surface area contributed by atoms with Gasteiger partial charge in [0.25, 0.3) is 0 Å². The number of allylic oxidation sites excluding steroid dienone is 8. The third-order valence-corrected chi connectivity index (χ3v) is 3.61. The first-order valence-corrected chi connectivity index (χ1v) is 9.40. The molecule has 0 heterocycles. The van der Waals surface area contributed by atoms with E-state index in [1.807, 2.05) is 36.5 Å². The molecule has 0 spiro atoms. The lowest BCUT2D eigenvalue weighted by atomic mass is 10.1. The first-order valence-electron chi connectivity index (χ1n) is 9.40. The smallest absolute Gasteiger partial charge is 0.303 e. The van der Waals surface area contributed by atoms with Gasteiger partial charge in [-0.2, -0.15) is 0 Å². The Balaban J connectivity index is 3.79. The van der Waals surface area contributed by atoms with Crippen molar-refractivity contribution in [2.24, 2.45) is 0 Å². The summed E-state index contributed by atoms with van der Waals surface area (Å²) in [4.78, 5) is 10.3. The highest BCUT2D eigenvalue weighted by molar-refractivity contribution is 5.66. The molecule has 0 radical (unpaired) electrons. The zero-order valence-electron chi connectivity index (χ0n) is 15.8. The maximum atomic E-state index is 10.3. The highest BCUT2D eigenvalue weighted by Crippen LogP contribution is 2.06. The van der Waals surface area contributed by atoms with Crippen molar-refractivity contribution in [2.75, 3.05) is 0 Å². The Kier molecular flexibility index (Phi) is 16.6. The minimum Gasteiger partial charge on any atom is -0.481 e. The van der Waals surface area contributed by atoms with E-state index in [9.17, 15) is 15.0 Å². The van der Waals surface area contributed by atoms with Crippen molar-refractivity contribution in [3.63, 3.8) is 0 Å². The molecule has 0 saturated carbocycles. The number of carboxylic acids is 1. The minimum absolute atomic E-state index is 0.143. The molecule has 0 aromatic rings. The maximum Gasteiger partial charge on any atom is 0.303 e. The van der Waals surface area contributed by atoms with Crippen LogP contribution in [0, 0.1) is 0 Å². The normalized spacial score (nSPS) is 15.2. The van der Waals surface area contributed by atoms with E-state index in [0.29, 0.717) is 25.7 Å². The van der Waals surface area contributed by atoms with Crippen LogP contribution in [-0.2, 0) is 4.79 Å². The summed E-state index contributed by atoms with van der Waals surface area (Å²) in [5.74, 6) is -0.795. The molecule has 0 aliphatic heterocycles. The second kappa shape index (κ2) is 17.9. The molecule has 0 amide bonds. The molecule has 146 valence electrons. The Morgan fingerprint density at radius 1 is 0.731 bits per heavy atom. The fraction of sp³-hybridized carbons (Fsp3) is 0.500. The average molecular weight is 363 g/mol. The summed E-state index contributed by atoms with van der Waals surface area (Å²) < 4.78 is 0. The fourth-order valence-electron chi connectivity index (χ4n) is 2.09. The predicted octanol–water partition coefficient (Wildman–Crippen LogP) is 4.71. The summed E-state index contributed by atoms with van der Waals surface area (Å²) in [5.41, 5.74) is 0. The van der Waals surface area contributed by atoms with Crippen molar-refractivity contribution in [2.45, 2.75) is 70.5 Å². The lowest BCUT2D eigenvalue weighted by Crippen LogP contribution is -2.24. The summed E-state index contributed by atoms with van der Waals surface area (Å²) >= 11 is 0. The van der Waals surface area contributed by atoms with E-state index in [1.54, 1.807) is 0 Å². The number of aliphatic hydroxyl groups excluding tert-OH is 2. The predicted molar refractivity (Wildman–Crippen MR) is 108 cm³/mol. The number of carboxylic acid groups (broad SMARTS) is 1. The Morgan fingerprint density at radius 2 is 1.15 bits per heavy atom. The van der Waals surface area contributed by atoms with E-state index in [4.69, 9.17) is 5.11 Å².